The quantitative estimate of drug-likeness (QED) is 0.0385. The first kappa shape index (κ1) is 77.0. The van der Waals surface area contributed by atoms with E-state index in [0.29, 0.717) is 18.4 Å². The summed E-state index contributed by atoms with van der Waals surface area (Å²) in [7, 11) is 0. The van der Waals surface area contributed by atoms with Crippen LogP contribution in [-0.2, 0) is 83.1 Å². The number of carbonyl (C=O) groups excluding carboxylic acids is 10. The van der Waals surface area contributed by atoms with Crippen molar-refractivity contribution >= 4 is 94.9 Å². The largest absolute Gasteiger partial charge is 0.508 e. The maximum atomic E-state index is 14.7. The molecule has 0 aromatic heterocycles. The van der Waals surface area contributed by atoms with Crippen LogP contribution in [0.1, 0.15) is 161 Å². The van der Waals surface area contributed by atoms with Crippen LogP contribution in [0.4, 0.5) is 0 Å². The van der Waals surface area contributed by atoms with Gasteiger partial charge in [-0.2, -0.15) is 0 Å². The third-order valence-electron chi connectivity index (χ3n) is 16.8. The fourth-order valence-electron chi connectivity index (χ4n) is 11.4. The SMILES string of the molecule is CC[C@H](C)[C@H](NC(=O)[C@H]1CCCN1C(=O)[C@H](CCC(=O)O)NC(=O)[C@@H](Cc1ccc(O)cc1)NC(=O)CCC(=O)O)C(=O)N1CCC[C@@H]1C(=O)N[C@@H](CCC(=O)O)C(=O)N[C@H](CCC(=O)O)C(=O)N[C@@H](C)C(=O)N[C@H](CC1CCCCC1)C(=O)N[C@@H](CCC(=O)O)C(=O)O. The highest BCUT2D eigenvalue weighted by molar-refractivity contribution is 5.99. The van der Waals surface area contributed by atoms with Crippen LogP contribution in [0.5, 0.6) is 5.75 Å². The van der Waals surface area contributed by atoms with Gasteiger partial charge in [-0.1, -0.05) is 64.5 Å². The Labute approximate surface area is 541 Å². The van der Waals surface area contributed by atoms with Crippen LogP contribution >= 0.6 is 0 Å². The molecule has 0 unspecified atom stereocenters. The van der Waals surface area contributed by atoms with Crippen molar-refractivity contribution in [3.63, 3.8) is 0 Å². The summed E-state index contributed by atoms with van der Waals surface area (Å²) in [5.74, 6) is -18.5. The number of likely N-dealkylation sites (tertiary alicyclic amines) is 2. The van der Waals surface area contributed by atoms with E-state index in [2.05, 4.69) is 42.5 Å². The van der Waals surface area contributed by atoms with E-state index in [-0.39, 0.29) is 69.7 Å². The Morgan fingerprint density at radius 2 is 0.883 bits per heavy atom. The molecule has 0 bridgehead atoms. The van der Waals surface area contributed by atoms with Crippen molar-refractivity contribution in [3.05, 3.63) is 29.8 Å². The number of nitrogens with zero attached hydrogens (tertiary/aromatic N) is 2. The molecule has 2 saturated heterocycles. The van der Waals surface area contributed by atoms with Crippen molar-refractivity contribution in [1.29, 1.82) is 0 Å². The molecule has 33 nitrogen and oxygen atoms in total. The molecule has 15 N–H and O–H groups in total. The maximum Gasteiger partial charge on any atom is 0.326 e. The lowest BCUT2D eigenvalue weighted by Gasteiger charge is -2.34. The van der Waals surface area contributed by atoms with Gasteiger partial charge in [-0.3, -0.25) is 71.9 Å². The first-order valence-corrected chi connectivity index (χ1v) is 31.5. The summed E-state index contributed by atoms with van der Waals surface area (Å²) in [6.07, 6.45) is -1.39. The number of benzene rings is 1. The van der Waals surface area contributed by atoms with Gasteiger partial charge in [0.1, 0.15) is 66.2 Å². The average Bonchev–Trinajstić information content (AvgIpc) is 1.60. The van der Waals surface area contributed by atoms with Gasteiger partial charge in [0.25, 0.3) is 0 Å². The molecule has 1 aliphatic carbocycles. The van der Waals surface area contributed by atoms with Crippen molar-refractivity contribution < 1.29 is 112 Å². The number of carboxylic acids is 6. The van der Waals surface area contributed by atoms with E-state index in [9.17, 15) is 102 Å². The van der Waals surface area contributed by atoms with Crippen LogP contribution in [0.2, 0.25) is 0 Å². The highest BCUT2D eigenvalue weighted by atomic mass is 16.4. The van der Waals surface area contributed by atoms with Crippen LogP contribution in [0.15, 0.2) is 24.3 Å². The first-order chi connectivity index (χ1) is 44.4. The lowest BCUT2D eigenvalue weighted by atomic mass is 9.84. The third-order valence-corrected chi connectivity index (χ3v) is 16.8. The molecule has 0 radical (unpaired) electrons. The molecule has 1 aromatic rings. The lowest BCUT2D eigenvalue weighted by Crippen LogP contribution is -2.61. The Kier molecular flexibility index (Phi) is 31.0. The number of aromatic hydroxyl groups is 1. The third kappa shape index (κ3) is 25.2. The van der Waals surface area contributed by atoms with Gasteiger partial charge in [-0.15, -0.1) is 0 Å². The van der Waals surface area contributed by atoms with Crippen molar-refractivity contribution in [1.82, 2.24) is 52.3 Å². The summed E-state index contributed by atoms with van der Waals surface area (Å²) in [6.45, 7) is 4.44. The van der Waals surface area contributed by atoms with E-state index < -0.39 is 225 Å². The number of nitrogens with one attached hydrogen (secondary N) is 8. The van der Waals surface area contributed by atoms with Crippen molar-refractivity contribution in [3.8, 4) is 5.75 Å². The minimum absolute atomic E-state index is 0.000184. The summed E-state index contributed by atoms with van der Waals surface area (Å²) in [5.41, 5.74) is 0.426. The van der Waals surface area contributed by atoms with Gasteiger partial charge in [0, 0.05) is 51.6 Å². The molecule has 3 fully saturated rings. The molecule has 11 atom stereocenters. The van der Waals surface area contributed by atoms with E-state index in [0.717, 1.165) is 29.1 Å². The zero-order chi connectivity index (χ0) is 69.9. The number of amides is 10. The Balaban J connectivity index is 1.52. The van der Waals surface area contributed by atoms with Crippen LogP contribution in [0.25, 0.3) is 0 Å². The first-order valence-electron chi connectivity index (χ1n) is 31.5. The zero-order valence-electron chi connectivity index (χ0n) is 52.8. The fourth-order valence-corrected chi connectivity index (χ4v) is 11.4. The minimum atomic E-state index is -1.76. The Morgan fingerprint density at radius 3 is 1.40 bits per heavy atom. The monoisotopic (exact) mass is 1330 g/mol. The van der Waals surface area contributed by atoms with Gasteiger partial charge < -0.3 is 88.1 Å². The molecule has 1 aromatic carbocycles. The molecule has 3 aliphatic rings. The topological polar surface area (TPSA) is 517 Å². The van der Waals surface area contributed by atoms with Crippen LogP contribution in [0.3, 0.4) is 0 Å². The van der Waals surface area contributed by atoms with Gasteiger partial charge in [0.05, 0.1) is 6.42 Å². The van der Waals surface area contributed by atoms with Crippen LogP contribution in [-0.4, -0.2) is 214 Å². The van der Waals surface area contributed by atoms with Crippen LogP contribution < -0.4 is 42.5 Å². The summed E-state index contributed by atoms with van der Waals surface area (Å²) < 4.78 is 0. The highest BCUT2D eigenvalue weighted by Crippen LogP contribution is 2.28. The van der Waals surface area contributed by atoms with Gasteiger partial charge >= 0.3 is 35.8 Å². The standard InChI is InChI=1S/C61H88N10O23/c1-4-32(2)51(69-58(90)44-13-8-28-70(44)59(91)39(20-25-48(78)79)66-55(87)41(63-45(73)22-27-50(82)83)31-35-14-16-36(72)17-15-35)60(92)71-29-9-12-43(71)57(89)65-38(19-24-47(76)77)54(86)64-37(18-23-46(74)75)53(85)62-33(3)52(84)68-42(30-34-10-6-5-7-11-34)56(88)67-40(61(93)94)21-26-49(80)81/h14-17,32-34,37-44,51,72H,4-13,18-31H2,1-3H3,(H,62,85)(H,63,73)(H,64,86)(H,65,89)(H,66,87)(H,67,88)(H,68,84)(H,69,90)(H,74,75)(H,76,77)(H,78,79)(H,80,81)(H,82,83)(H,93,94)/t32-,33-,37+,38-,39-,40-,41+,42+,43+,44+,51-/m0/s1. The van der Waals surface area contributed by atoms with Crippen molar-refractivity contribution in [2.45, 2.75) is 222 Å². The molecule has 4 rings (SSSR count). The lowest BCUT2D eigenvalue weighted by molar-refractivity contribution is -0.146. The molecule has 2 heterocycles. The van der Waals surface area contributed by atoms with E-state index >= 15 is 0 Å². The summed E-state index contributed by atoms with van der Waals surface area (Å²) in [4.78, 5) is 212. The molecule has 10 amide bonds. The summed E-state index contributed by atoms with van der Waals surface area (Å²) in [5, 5.41) is 86.3. The molecule has 2 aliphatic heterocycles. The van der Waals surface area contributed by atoms with E-state index in [1.807, 2.05) is 0 Å². The van der Waals surface area contributed by atoms with Crippen LogP contribution in [0, 0.1) is 11.8 Å². The smallest absolute Gasteiger partial charge is 0.326 e. The molecule has 33 heteroatoms. The number of carboxylic acid groups (broad SMARTS) is 6. The van der Waals surface area contributed by atoms with Gasteiger partial charge in [-0.25, -0.2) is 4.79 Å². The average molecular weight is 1330 g/mol. The Bertz CT molecular complexity index is 2920. The number of phenolic OH excluding ortho intramolecular Hbond substituents is 1. The second-order valence-electron chi connectivity index (χ2n) is 24.0. The number of phenols is 1. The summed E-state index contributed by atoms with van der Waals surface area (Å²) in [6, 6.07) is -9.48. The van der Waals surface area contributed by atoms with E-state index in [1.54, 1.807) is 13.8 Å². The normalized spacial score (nSPS) is 18.3. The predicted octanol–water partition coefficient (Wildman–Crippen LogP) is -0.760. The number of hydrogen-bond donors (Lipinski definition) is 15. The van der Waals surface area contributed by atoms with Crippen molar-refractivity contribution in [2.75, 3.05) is 13.1 Å². The number of rotatable bonds is 39. The van der Waals surface area contributed by atoms with Gasteiger partial charge in [0.2, 0.25) is 59.1 Å². The molecule has 94 heavy (non-hydrogen) atoms. The van der Waals surface area contributed by atoms with E-state index in [4.69, 9.17) is 10.2 Å². The second kappa shape index (κ2) is 37.9. The number of hydrogen-bond acceptors (Lipinski definition) is 17. The molecular weight excluding hydrogens is 1240 g/mol. The van der Waals surface area contributed by atoms with E-state index in [1.165, 1.54) is 31.2 Å². The highest BCUT2D eigenvalue weighted by Gasteiger charge is 2.44. The summed E-state index contributed by atoms with van der Waals surface area (Å²) >= 11 is 0. The fraction of sp³-hybridized carbons (Fsp3) is 0.639. The zero-order valence-corrected chi connectivity index (χ0v) is 52.8. The molecule has 520 valence electrons. The van der Waals surface area contributed by atoms with Crippen molar-refractivity contribution in [2.24, 2.45) is 11.8 Å². The number of aliphatic carboxylic acids is 6. The Hall–Kier alpha value is -9.46. The van der Waals surface area contributed by atoms with Gasteiger partial charge in [0.15, 0.2) is 0 Å². The molecule has 1 saturated carbocycles. The molecular formula is C61H88N10O23. The predicted molar refractivity (Wildman–Crippen MR) is 325 cm³/mol. The molecule has 0 spiro atoms. The van der Waals surface area contributed by atoms with Gasteiger partial charge in [-0.05, 0) is 94.2 Å². The second-order valence-corrected chi connectivity index (χ2v) is 24.0. The maximum absolute atomic E-state index is 14.7. The minimum Gasteiger partial charge on any atom is -0.508 e. The Morgan fingerprint density at radius 1 is 0.447 bits per heavy atom. The number of carbonyl (C=O) groups is 16.